The van der Waals surface area contributed by atoms with Gasteiger partial charge in [-0.15, -0.1) is 0 Å². The molecule has 0 aromatic heterocycles. The lowest BCUT2D eigenvalue weighted by atomic mass is 10.1. The maximum atomic E-state index is 13.0. The molecule has 1 saturated heterocycles. The fourth-order valence-electron chi connectivity index (χ4n) is 3.53. The van der Waals surface area contributed by atoms with Crippen LogP contribution in [-0.2, 0) is 17.9 Å². The van der Waals surface area contributed by atoms with Crippen molar-refractivity contribution in [2.75, 3.05) is 6.79 Å². The van der Waals surface area contributed by atoms with E-state index in [1.807, 2.05) is 36.4 Å². The Hall–Kier alpha value is -2.65. The molecule has 2 heterocycles. The lowest BCUT2D eigenvalue weighted by Crippen LogP contribution is -2.27. The molecule has 35 heavy (non-hydrogen) atoms. The van der Waals surface area contributed by atoms with Gasteiger partial charge in [-0.3, -0.25) is 14.5 Å². The first-order valence-corrected chi connectivity index (χ1v) is 12.7. The molecule has 2 amide bonds. The van der Waals surface area contributed by atoms with E-state index >= 15 is 0 Å². The summed E-state index contributed by atoms with van der Waals surface area (Å²) in [6.07, 6.45) is 1.68. The first-order chi connectivity index (χ1) is 16.9. The second-order valence-corrected chi connectivity index (χ2v) is 10.3. The lowest BCUT2D eigenvalue weighted by molar-refractivity contribution is -0.123. The molecule has 0 radical (unpaired) electrons. The third kappa shape index (κ3) is 5.16. The number of amides is 2. The second kappa shape index (κ2) is 10.1. The van der Waals surface area contributed by atoms with E-state index < -0.39 is 0 Å². The highest BCUT2D eigenvalue weighted by atomic mass is 79.9. The van der Waals surface area contributed by atoms with Crippen LogP contribution >= 0.6 is 50.9 Å². The molecule has 0 bridgehead atoms. The third-order valence-corrected chi connectivity index (χ3v) is 7.59. The molecular formula is C25H16BrCl2NO5S. The minimum absolute atomic E-state index is 0.0377. The maximum Gasteiger partial charge on any atom is 0.293 e. The van der Waals surface area contributed by atoms with Crippen molar-refractivity contribution in [1.82, 2.24) is 4.90 Å². The summed E-state index contributed by atoms with van der Waals surface area (Å²) in [7, 11) is 0. The summed E-state index contributed by atoms with van der Waals surface area (Å²) in [5, 5.41) is 0.667. The molecule has 0 spiro atoms. The van der Waals surface area contributed by atoms with Crippen molar-refractivity contribution in [3.63, 3.8) is 0 Å². The summed E-state index contributed by atoms with van der Waals surface area (Å²) in [5.41, 5.74) is 2.22. The zero-order valence-corrected chi connectivity index (χ0v) is 21.8. The van der Waals surface area contributed by atoms with Crippen LogP contribution in [-0.4, -0.2) is 22.8 Å². The van der Waals surface area contributed by atoms with Crippen LogP contribution in [0.4, 0.5) is 4.79 Å². The average Bonchev–Trinajstić information content (AvgIpc) is 3.38. The molecule has 178 valence electrons. The highest BCUT2D eigenvalue weighted by Crippen LogP contribution is 2.39. The molecule has 0 N–H and O–H groups in total. The number of imide groups is 1. The van der Waals surface area contributed by atoms with Crippen molar-refractivity contribution in [2.24, 2.45) is 0 Å². The maximum absolute atomic E-state index is 13.0. The molecule has 3 aromatic rings. The number of benzene rings is 3. The fraction of sp³-hybridized carbons (Fsp3) is 0.120. The zero-order chi connectivity index (χ0) is 24.5. The van der Waals surface area contributed by atoms with Crippen LogP contribution in [0.1, 0.15) is 16.7 Å². The number of thioether (sulfide) groups is 1. The Bertz CT molecular complexity index is 1380. The van der Waals surface area contributed by atoms with Crippen molar-refractivity contribution in [3.8, 4) is 17.2 Å². The Labute approximate surface area is 223 Å². The predicted octanol–water partition coefficient (Wildman–Crippen LogP) is 7.30. The summed E-state index contributed by atoms with van der Waals surface area (Å²) in [6, 6.07) is 16.2. The molecular weight excluding hydrogens is 577 g/mol. The Kier molecular flexibility index (Phi) is 6.98. The predicted molar refractivity (Wildman–Crippen MR) is 139 cm³/mol. The van der Waals surface area contributed by atoms with Crippen LogP contribution in [0, 0.1) is 0 Å². The van der Waals surface area contributed by atoms with Gasteiger partial charge in [0.05, 0.1) is 15.9 Å². The second-order valence-electron chi connectivity index (χ2n) is 7.63. The molecule has 0 saturated carbocycles. The summed E-state index contributed by atoms with van der Waals surface area (Å²) >= 11 is 16.9. The minimum atomic E-state index is -0.385. The van der Waals surface area contributed by atoms with Gasteiger partial charge in [0, 0.05) is 21.7 Å². The quantitative estimate of drug-likeness (QED) is 0.280. The summed E-state index contributed by atoms with van der Waals surface area (Å²) in [5.74, 6) is 1.32. The van der Waals surface area contributed by atoms with Crippen molar-refractivity contribution in [1.29, 1.82) is 0 Å². The van der Waals surface area contributed by atoms with E-state index in [2.05, 4.69) is 15.9 Å². The summed E-state index contributed by atoms with van der Waals surface area (Å²) < 4.78 is 17.3. The Morgan fingerprint density at radius 2 is 1.77 bits per heavy atom. The van der Waals surface area contributed by atoms with Crippen LogP contribution in [0.25, 0.3) is 6.08 Å². The monoisotopic (exact) mass is 591 g/mol. The van der Waals surface area contributed by atoms with Crippen molar-refractivity contribution in [2.45, 2.75) is 13.2 Å². The van der Waals surface area contributed by atoms with Gasteiger partial charge in [0.2, 0.25) is 6.79 Å². The van der Waals surface area contributed by atoms with Gasteiger partial charge >= 0.3 is 0 Å². The number of fused-ring (bicyclic) bond motifs is 1. The van der Waals surface area contributed by atoms with Gasteiger partial charge in [0.25, 0.3) is 11.1 Å². The number of ether oxygens (including phenoxy) is 3. The van der Waals surface area contributed by atoms with E-state index in [0.29, 0.717) is 48.8 Å². The van der Waals surface area contributed by atoms with Crippen molar-refractivity contribution < 1.29 is 23.8 Å². The molecule has 0 unspecified atom stereocenters. The van der Waals surface area contributed by atoms with E-state index in [1.54, 1.807) is 24.3 Å². The van der Waals surface area contributed by atoms with Gasteiger partial charge in [-0.2, -0.15) is 0 Å². The lowest BCUT2D eigenvalue weighted by Gasteiger charge is -2.14. The average molecular weight is 593 g/mol. The highest BCUT2D eigenvalue weighted by molar-refractivity contribution is 9.10. The standard InChI is InChI=1S/C25H16BrCl2NO5S/c26-17-7-14(5-6-20(17)32-12-15-3-1-2-4-18(15)27)8-23-24(30)29(25(31)35-23)11-16-9-21-22(10-19(16)28)34-13-33-21/h1-10H,11-13H2/b23-8-. The molecule has 2 aliphatic rings. The van der Waals surface area contributed by atoms with Gasteiger partial charge in [-0.1, -0.05) is 47.5 Å². The smallest absolute Gasteiger partial charge is 0.293 e. The number of carbonyl (C=O) groups excluding carboxylic acids is 2. The van der Waals surface area contributed by atoms with Crippen molar-refractivity contribution in [3.05, 3.63) is 90.7 Å². The fourth-order valence-corrected chi connectivity index (χ4v) is 5.29. The number of halogens is 3. The van der Waals surface area contributed by atoms with Gasteiger partial charge in [-0.05, 0) is 69.2 Å². The molecule has 6 nitrogen and oxygen atoms in total. The van der Waals surface area contributed by atoms with E-state index in [1.165, 1.54) is 0 Å². The largest absolute Gasteiger partial charge is 0.488 e. The Morgan fingerprint density at radius 3 is 2.54 bits per heavy atom. The van der Waals surface area contributed by atoms with Gasteiger partial charge in [0.1, 0.15) is 12.4 Å². The van der Waals surface area contributed by atoms with Crippen LogP contribution in [0.5, 0.6) is 17.2 Å². The summed E-state index contributed by atoms with van der Waals surface area (Å²) in [4.78, 5) is 27.1. The van der Waals surface area contributed by atoms with Gasteiger partial charge in [-0.25, -0.2) is 0 Å². The molecule has 3 aromatic carbocycles. The number of hydrogen-bond donors (Lipinski definition) is 0. The molecule has 0 aliphatic carbocycles. The van der Waals surface area contributed by atoms with Crippen LogP contribution in [0.3, 0.4) is 0 Å². The van der Waals surface area contributed by atoms with Crippen molar-refractivity contribution >= 4 is 68.1 Å². The SMILES string of the molecule is O=C1S/C(=C\c2ccc(OCc3ccccc3Cl)c(Br)c2)C(=O)N1Cc1cc2c(cc1Cl)OCO2. The van der Waals surface area contributed by atoms with Gasteiger partial charge in [0.15, 0.2) is 11.5 Å². The van der Waals surface area contributed by atoms with Crippen LogP contribution < -0.4 is 14.2 Å². The van der Waals surface area contributed by atoms with E-state index in [4.69, 9.17) is 37.4 Å². The van der Waals surface area contributed by atoms with E-state index in [-0.39, 0.29) is 24.5 Å². The first kappa shape index (κ1) is 24.1. The Balaban J connectivity index is 1.29. The number of carbonyl (C=O) groups is 2. The van der Waals surface area contributed by atoms with Gasteiger partial charge < -0.3 is 14.2 Å². The van der Waals surface area contributed by atoms with E-state index in [0.717, 1.165) is 27.8 Å². The molecule has 1 fully saturated rings. The molecule has 0 atom stereocenters. The third-order valence-electron chi connectivity index (χ3n) is 5.34. The number of rotatable bonds is 6. The normalized spacial score (nSPS) is 15.9. The Morgan fingerprint density at radius 1 is 1.00 bits per heavy atom. The van der Waals surface area contributed by atoms with Crippen LogP contribution in [0.15, 0.2) is 64.0 Å². The van der Waals surface area contributed by atoms with Crippen LogP contribution in [0.2, 0.25) is 10.0 Å². The minimum Gasteiger partial charge on any atom is -0.488 e. The number of hydrogen-bond acceptors (Lipinski definition) is 6. The zero-order valence-electron chi connectivity index (χ0n) is 17.9. The summed E-state index contributed by atoms with van der Waals surface area (Å²) in [6.45, 7) is 0.466. The first-order valence-electron chi connectivity index (χ1n) is 10.4. The molecule has 2 aliphatic heterocycles. The van der Waals surface area contributed by atoms with E-state index in [9.17, 15) is 9.59 Å². The molecule has 10 heteroatoms. The topological polar surface area (TPSA) is 65.1 Å². The highest BCUT2D eigenvalue weighted by Gasteiger charge is 2.35. The number of nitrogens with zero attached hydrogens (tertiary/aromatic N) is 1. The molecule has 5 rings (SSSR count).